The lowest BCUT2D eigenvalue weighted by Gasteiger charge is -2.26. The zero-order valence-electron chi connectivity index (χ0n) is 7.95. The van der Waals surface area contributed by atoms with Gasteiger partial charge in [0.1, 0.15) is 0 Å². The minimum absolute atomic E-state index is 0.177. The molecule has 76 valence electrons. The Morgan fingerprint density at radius 3 is 3.00 bits per heavy atom. The zero-order valence-corrected chi connectivity index (χ0v) is 7.95. The number of nitrogens with one attached hydrogen (secondary N) is 1. The van der Waals surface area contributed by atoms with Crippen molar-refractivity contribution in [2.75, 3.05) is 20.2 Å². The van der Waals surface area contributed by atoms with Gasteiger partial charge in [0.25, 0.3) is 0 Å². The number of nitrogens with zero attached hydrogens (tertiary/aromatic N) is 1. The van der Waals surface area contributed by atoms with Crippen molar-refractivity contribution in [3.05, 3.63) is 0 Å². The molecule has 0 aromatic carbocycles. The summed E-state index contributed by atoms with van der Waals surface area (Å²) in [5.74, 6) is 5.00. The number of carbonyl (C=O) groups is 1. The first-order valence-electron chi connectivity index (χ1n) is 4.57. The summed E-state index contributed by atoms with van der Waals surface area (Å²) in [6.07, 6.45) is 3.52. The van der Waals surface area contributed by atoms with Crippen LogP contribution in [-0.4, -0.2) is 37.2 Å². The Balaban J connectivity index is 2.25. The number of hydrogen-bond donors (Lipinski definition) is 2. The van der Waals surface area contributed by atoms with E-state index in [4.69, 9.17) is 10.6 Å². The molecule has 0 aromatic rings. The molecule has 5 nitrogen and oxygen atoms in total. The normalized spacial score (nSPS) is 22.5. The van der Waals surface area contributed by atoms with Crippen molar-refractivity contribution in [3.63, 3.8) is 0 Å². The van der Waals surface area contributed by atoms with Crippen LogP contribution in [0.3, 0.4) is 0 Å². The fourth-order valence-electron chi connectivity index (χ4n) is 1.45. The molecule has 1 heterocycles. The van der Waals surface area contributed by atoms with E-state index in [1.807, 2.05) is 0 Å². The number of urea groups is 1. The third kappa shape index (κ3) is 3.20. The molecule has 0 aliphatic carbocycles. The minimum Gasteiger partial charge on any atom is -0.376 e. The predicted molar refractivity (Wildman–Crippen MR) is 48.9 cm³/mol. The quantitative estimate of drug-likeness (QED) is 0.365. The van der Waals surface area contributed by atoms with E-state index in [1.54, 1.807) is 7.05 Å². The van der Waals surface area contributed by atoms with Crippen molar-refractivity contribution < 1.29 is 9.53 Å². The van der Waals surface area contributed by atoms with Crippen LogP contribution in [-0.2, 0) is 4.74 Å². The Hall–Kier alpha value is -0.810. The van der Waals surface area contributed by atoms with Crippen molar-refractivity contribution in [1.82, 2.24) is 10.3 Å². The van der Waals surface area contributed by atoms with Gasteiger partial charge in [0.05, 0.1) is 6.10 Å². The van der Waals surface area contributed by atoms with Gasteiger partial charge in [-0.3, -0.25) is 5.43 Å². The molecule has 2 amide bonds. The van der Waals surface area contributed by atoms with Gasteiger partial charge in [0.2, 0.25) is 0 Å². The number of hydrogen-bond acceptors (Lipinski definition) is 3. The second-order valence-electron chi connectivity index (χ2n) is 3.32. The van der Waals surface area contributed by atoms with E-state index in [9.17, 15) is 4.79 Å². The highest BCUT2D eigenvalue weighted by atomic mass is 16.5. The van der Waals surface area contributed by atoms with Gasteiger partial charge in [-0.2, -0.15) is 0 Å². The van der Waals surface area contributed by atoms with Crippen LogP contribution >= 0.6 is 0 Å². The molecule has 0 radical (unpaired) electrons. The molecule has 1 saturated heterocycles. The van der Waals surface area contributed by atoms with E-state index in [2.05, 4.69) is 5.43 Å². The SMILES string of the molecule is CN(CC1CCCCO1)C(=O)NN. The van der Waals surface area contributed by atoms with E-state index < -0.39 is 0 Å². The lowest BCUT2D eigenvalue weighted by molar-refractivity contribution is 0.00388. The molecule has 1 rings (SSSR count). The monoisotopic (exact) mass is 187 g/mol. The number of ether oxygens (including phenoxy) is 1. The number of nitrogens with two attached hydrogens (primary N) is 1. The number of amides is 2. The smallest absolute Gasteiger partial charge is 0.331 e. The first kappa shape index (κ1) is 10.3. The van der Waals surface area contributed by atoms with Crippen molar-refractivity contribution in [2.45, 2.75) is 25.4 Å². The third-order valence-electron chi connectivity index (χ3n) is 2.22. The molecule has 1 unspecified atom stereocenters. The second-order valence-corrected chi connectivity index (χ2v) is 3.32. The molecule has 1 atom stereocenters. The summed E-state index contributed by atoms with van der Waals surface area (Å²) in [7, 11) is 1.71. The Kier molecular flexibility index (Phi) is 3.98. The van der Waals surface area contributed by atoms with Gasteiger partial charge in [-0.05, 0) is 19.3 Å². The van der Waals surface area contributed by atoms with Crippen LogP contribution in [0.4, 0.5) is 4.79 Å². The van der Waals surface area contributed by atoms with E-state index in [1.165, 1.54) is 11.3 Å². The highest BCUT2D eigenvalue weighted by Gasteiger charge is 2.17. The summed E-state index contributed by atoms with van der Waals surface area (Å²) in [5.41, 5.74) is 2.09. The average Bonchev–Trinajstić information content (AvgIpc) is 2.18. The molecule has 1 fully saturated rings. The van der Waals surface area contributed by atoms with Gasteiger partial charge in [0, 0.05) is 20.2 Å². The lowest BCUT2D eigenvalue weighted by Crippen LogP contribution is -2.45. The predicted octanol–water partition coefficient (Wildman–Crippen LogP) is 0.0706. The van der Waals surface area contributed by atoms with Crippen molar-refractivity contribution in [3.8, 4) is 0 Å². The molecule has 0 spiro atoms. The molecule has 0 bridgehead atoms. The van der Waals surface area contributed by atoms with Gasteiger partial charge in [-0.1, -0.05) is 0 Å². The molecule has 3 N–H and O–H groups in total. The summed E-state index contributed by atoms with van der Waals surface area (Å²) in [4.78, 5) is 12.6. The fraction of sp³-hybridized carbons (Fsp3) is 0.875. The zero-order chi connectivity index (χ0) is 9.68. The lowest BCUT2D eigenvalue weighted by atomic mass is 10.1. The maximum absolute atomic E-state index is 11.0. The Labute approximate surface area is 78.2 Å². The van der Waals surface area contributed by atoms with Gasteiger partial charge < -0.3 is 9.64 Å². The third-order valence-corrected chi connectivity index (χ3v) is 2.22. The van der Waals surface area contributed by atoms with Crippen LogP contribution < -0.4 is 11.3 Å². The molecule has 1 aliphatic rings. The van der Waals surface area contributed by atoms with E-state index >= 15 is 0 Å². The Morgan fingerprint density at radius 1 is 1.69 bits per heavy atom. The molecule has 13 heavy (non-hydrogen) atoms. The Bertz CT molecular complexity index is 169. The van der Waals surface area contributed by atoms with E-state index in [-0.39, 0.29) is 12.1 Å². The van der Waals surface area contributed by atoms with Gasteiger partial charge in [-0.25, -0.2) is 10.6 Å². The van der Waals surface area contributed by atoms with Crippen LogP contribution in [0.5, 0.6) is 0 Å². The van der Waals surface area contributed by atoms with E-state index in [0.717, 1.165) is 19.4 Å². The standard InChI is InChI=1S/C8H17N3O2/c1-11(8(12)10-9)6-7-4-2-3-5-13-7/h7H,2-6,9H2,1H3,(H,10,12). The molecule has 5 heteroatoms. The average molecular weight is 187 g/mol. The van der Waals surface area contributed by atoms with Crippen molar-refractivity contribution in [1.29, 1.82) is 0 Å². The number of hydrazine groups is 1. The number of rotatable bonds is 2. The van der Waals surface area contributed by atoms with Crippen LogP contribution in [0.15, 0.2) is 0 Å². The van der Waals surface area contributed by atoms with Gasteiger partial charge in [-0.15, -0.1) is 0 Å². The summed E-state index contributed by atoms with van der Waals surface area (Å²) in [6, 6.07) is -0.269. The summed E-state index contributed by atoms with van der Waals surface area (Å²) in [6.45, 7) is 1.42. The molecule has 1 aliphatic heterocycles. The second kappa shape index (κ2) is 5.04. The van der Waals surface area contributed by atoms with Crippen molar-refractivity contribution >= 4 is 6.03 Å². The molecular weight excluding hydrogens is 170 g/mol. The fourth-order valence-corrected chi connectivity index (χ4v) is 1.45. The Morgan fingerprint density at radius 2 is 2.46 bits per heavy atom. The number of carbonyl (C=O) groups excluding carboxylic acids is 1. The van der Waals surface area contributed by atoms with Crippen LogP contribution in [0.25, 0.3) is 0 Å². The largest absolute Gasteiger partial charge is 0.376 e. The van der Waals surface area contributed by atoms with Crippen LogP contribution in [0, 0.1) is 0 Å². The topological polar surface area (TPSA) is 67.6 Å². The van der Waals surface area contributed by atoms with Gasteiger partial charge >= 0.3 is 6.03 Å². The summed E-state index contributed by atoms with van der Waals surface area (Å²) < 4.78 is 5.48. The molecular formula is C8H17N3O2. The minimum atomic E-state index is -0.269. The maximum Gasteiger partial charge on any atom is 0.331 e. The maximum atomic E-state index is 11.0. The van der Waals surface area contributed by atoms with Gasteiger partial charge in [0.15, 0.2) is 0 Å². The summed E-state index contributed by atoms with van der Waals surface area (Å²) >= 11 is 0. The summed E-state index contributed by atoms with van der Waals surface area (Å²) in [5, 5.41) is 0. The first-order valence-corrected chi connectivity index (χ1v) is 4.57. The van der Waals surface area contributed by atoms with E-state index in [0.29, 0.717) is 6.54 Å². The van der Waals surface area contributed by atoms with Crippen LogP contribution in [0.1, 0.15) is 19.3 Å². The number of likely N-dealkylation sites (N-methyl/N-ethyl adjacent to an activating group) is 1. The molecule has 0 saturated carbocycles. The first-order chi connectivity index (χ1) is 6.24. The highest BCUT2D eigenvalue weighted by Crippen LogP contribution is 2.13. The highest BCUT2D eigenvalue weighted by molar-refractivity contribution is 5.73. The van der Waals surface area contributed by atoms with Crippen LogP contribution in [0.2, 0.25) is 0 Å². The van der Waals surface area contributed by atoms with Crippen molar-refractivity contribution in [2.24, 2.45) is 5.84 Å². The molecule has 0 aromatic heterocycles.